The van der Waals surface area contributed by atoms with E-state index in [1.807, 2.05) is 12.3 Å². The van der Waals surface area contributed by atoms with Crippen LogP contribution in [0.15, 0.2) is 48.7 Å². The minimum Gasteiger partial charge on any atom is -0.299 e. The molecule has 0 saturated heterocycles. The number of hydrogen-bond acceptors (Lipinski definition) is 3. The predicted octanol–water partition coefficient (Wildman–Crippen LogP) is 4.26. The molecule has 0 spiro atoms. The molecule has 1 atom stereocenters. The molecule has 136 valence electrons. The van der Waals surface area contributed by atoms with Crippen LogP contribution in [0.5, 0.6) is 0 Å². The maximum Gasteiger partial charge on any atom is 0.0678 e. The molecule has 0 amide bonds. The van der Waals surface area contributed by atoms with Crippen LogP contribution >= 0.6 is 0 Å². The first-order chi connectivity index (χ1) is 12.5. The van der Waals surface area contributed by atoms with E-state index in [-0.39, 0.29) is 0 Å². The molecule has 0 aliphatic rings. The third-order valence-corrected chi connectivity index (χ3v) is 5.18. The fourth-order valence-corrected chi connectivity index (χ4v) is 3.32. The Labute approximate surface area is 156 Å². The Kier molecular flexibility index (Phi) is 5.52. The quantitative estimate of drug-likeness (QED) is 0.667. The van der Waals surface area contributed by atoms with Gasteiger partial charge >= 0.3 is 0 Å². The van der Waals surface area contributed by atoms with Crippen molar-refractivity contribution >= 4 is 0 Å². The second-order valence-electron chi connectivity index (χ2n) is 7.14. The molecule has 0 saturated carbocycles. The summed E-state index contributed by atoms with van der Waals surface area (Å²) in [5.74, 6) is 0. The molecule has 3 rings (SSSR count). The van der Waals surface area contributed by atoms with Gasteiger partial charge in [0.2, 0.25) is 0 Å². The van der Waals surface area contributed by atoms with Gasteiger partial charge in [0.05, 0.1) is 11.4 Å². The van der Waals surface area contributed by atoms with Crippen molar-refractivity contribution in [1.29, 1.82) is 0 Å². The molecule has 0 aliphatic carbocycles. The van der Waals surface area contributed by atoms with E-state index in [0.29, 0.717) is 6.04 Å². The molecule has 4 heteroatoms. The summed E-state index contributed by atoms with van der Waals surface area (Å²) in [6, 6.07) is 14.9. The van der Waals surface area contributed by atoms with Crippen LogP contribution in [0.25, 0.3) is 5.69 Å². The summed E-state index contributed by atoms with van der Waals surface area (Å²) in [4.78, 5) is 6.84. The third-order valence-electron chi connectivity index (χ3n) is 5.18. The fourth-order valence-electron chi connectivity index (χ4n) is 3.32. The van der Waals surface area contributed by atoms with Crippen LogP contribution in [0, 0.1) is 20.8 Å². The molecule has 26 heavy (non-hydrogen) atoms. The van der Waals surface area contributed by atoms with Gasteiger partial charge in [-0.05, 0) is 58.5 Å². The van der Waals surface area contributed by atoms with Crippen LogP contribution in [0.1, 0.15) is 35.1 Å². The number of benzene rings is 1. The van der Waals surface area contributed by atoms with Gasteiger partial charge in [-0.3, -0.25) is 9.88 Å². The zero-order valence-electron chi connectivity index (χ0n) is 16.4. The number of aromatic nitrogens is 3. The van der Waals surface area contributed by atoms with E-state index in [1.54, 1.807) is 0 Å². The highest BCUT2D eigenvalue weighted by atomic mass is 15.3. The molecule has 3 aromatic rings. The molecule has 1 aromatic carbocycles. The van der Waals surface area contributed by atoms with Crippen molar-refractivity contribution in [1.82, 2.24) is 19.7 Å². The van der Waals surface area contributed by atoms with Gasteiger partial charge in [-0.2, -0.15) is 5.10 Å². The first-order valence-corrected chi connectivity index (χ1v) is 9.18. The molecule has 0 N–H and O–H groups in total. The molecular weight excluding hydrogens is 320 g/mol. The van der Waals surface area contributed by atoms with Gasteiger partial charge in [0.15, 0.2) is 0 Å². The second-order valence-corrected chi connectivity index (χ2v) is 7.14. The van der Waals surface area contributed by atoms with Gasteiger partial charge < -0.3 is 0 Å². The van der Waals surface area contributed by atoms with Crippen molar-refractivity contribution < 1.29 is 0 Å². The number of hydrogen-bond donors (Lipinski definition) is 0. The normalized spacial score (nSPS) is 12.5. The molecular formula is C22H28N4. The maximum atomic E-state index is 4.82. The molecule has 0 aliphatic heterocycles. The Morgan fingerprint density at radius 1 is 1.04 bits per heavy atom. The number of rotatable bonds is 6. The van der Waals surface area contributed by atoms with Crippen molar-refractivity contribution in [3.8, 4) is 5.69 Å². The van der Waals surface area contributed by atoms with E-state index >= 15 is 0 Å². The molecule has 0 fully saturated rings. The largest absolute Gasteiger partial charge is 0.299 e. The minimum absolute atomic E-state index is 0.408. The van der Waals surface area contributed by atoms with Gasteiger partial charge in [0.25, 0.3) is 0 Å². The number of aryl methyl sites for hydroxylation is 2. The van der Waals surface area contributed by atoms with Crippen LogP contribution < -0.4 is 0 Å². The topological polar surface area (TPSA) is 34.0 Å². The Hall–Kier alpha value is -2.46. The Morgan fingerprint density at radius 3 is 2.46 bits per heavy atom. The van der Waals surface area contributed by atoms with Crippen molar-refractivity contribution in [2.24, 2.45) is 0 Å². The number of pyridine rings is 1. The molecule has 2 aromatic heterocycles. The summed E-state index contributed by atoms with van der Waals surface area (Å²) < 4.78 is 2.08. The first-order valence-electron chi connectivity index (χ1n) is 9.18. The lowest BCUT2D eigenvalue weighted by atomic mass is 10.1. The van der Waals surface area contributed by atoms with Gasteiger partial charge in [-0.25, -0.2) is 4.68 Å². The van der Waals surface area contributed by atoms with Crippen LogP contribution in [0.4, 0.5) is 0 Å². The van der Waals surface area contributed by atoms with Gasteiger partial charge in [0, 0.05) is 42.2 Å². The lowest BCUT2D eigenvalue weighted by Gasteiger charge is -2.24. The van der Waals surface area contributed by atoms with Crippen molar-refractivity contribution in [2.75, 3.05) is 7.05 Å². The molecule has 0 bridgehead atoms. The summed E-state index contributed by atoms with van der Waals surface area (Å²) in [7, 11) is 2.18. The Morgan fingerprint density at radius 2 is 1.77 bits per heavy atom. The highest BCUT2D eigenvalue weighted by molar-refractivity contribution is 5.42. The second kappa shape index (κ2) is 7.83. The summed E-state index contributed by atoms with van der Waals surface area (Å²) in [6.07, 6.45) is 2.81. The summed E-state index contributed by atoms with van der Waals surface area (Å²) in [5, 5.41) is 4.82. The van der Waals surface area contributed by atoms with E-state index in [0.717, 1.165) is 30.0 Å². The molecule has 0 unspecified atom stereocenters. The predicted molar refractivity (Wildman–Crippen MR) is 107 cm³/mol. The summed E-state index contributed by atoms with van der Waals surface area (Å²) >= 11 is 0. The number of nitrogens with zero attached hydrogens (tertiary/aromatic N) is 4. The average Bonchev–Trinajstić information content (AvgIpc) is 2.91. The fraction of sp³-hybridized carbons (Fsp3) is 0.364. The van der Waals surface area contributed by atoms with Crippen LogP contribution in [0.2, 0.25) is 0 Å². The van der Waals surface area contributed by atoms with Gasteiger partial charge in [0.1, 0.15) is 0 Å². The van der Waals surface area contributed by atoms with Crippen LogP contribution in [-0.2, 0) is 13.0 Å². The van der Waals surface area contributed by atoms with E-state index < -0.39 is 0 Å². The Bertz CT molecular complexity index is 867. The monoisotopic (exact) mass is 348 g/mol. The van der Waals surface area contributed by atoms with Crippen molar-refractivity contribution in [3.05, 3.63) is 76.9 Å². The number of likely N-dealkylation sites (N-methyl/N-ethyl adjacent to an activating group) is 1. The summed E-state index contributed by atoms with van der Waals surface area (Å²) in [6.45, 7) is 9.54. The van der Waals surface area contributed by atoms with Gasteiger partial charge in [-0.15, -0.1) is 0 Å². The maximum absolute atomic E-state index is 4.82. The highest BCUT2D eigenvalue weighted by Crippen LogP contribution is 2.22. The SMILES string of the molecule is Cc1ccccc1-n1nc(C)c(CN(C)[C@H](C)Cc2ccccn2)c1C. The molecule has 0 radical (unpaired) electrons. The van der Waals surface area contributed by atoms with E-state index in [9.17, 15) is 0 Å². The van der Waals surface area contributed by atoms with Crippen LogP contribution in [0.3, 0.4) is 0 Å². The smallest absolute Gasteiger partial charge is 0.0678 e. The zero-order valence-corrected chi connectivity index (χ0v) is 16.4. The van der Waals surface area contributed by atoms with Crippen molar-refractivity contribution in [3.63, 3.8) is 0 Å². The lowest BCUT2D eigenvalue weighted by Crippen LogP contribution is -2.31. The summed E-state index contributed by atoms with van der Waals surface area (Å²) in [5.41, 5.74) is 7.15. The zero-order chi connectivity index (χ0) is 18.7. The van der Waals surface area contributed by atoms with Gasteiger partial charge in [-0.1, -0.05) is 24.3 Å². The van der Waals surface area contributed by atoms with Crippen molar-refractivity contribution in [2.45, 2.75) is 46.7 Å². The third kappa shape index (κ3) is 3.86. The highest BCUT2D eigenvalue weighted by Gasteiger charge is 2.18. The minimum atomic E-state index is 0.408. The lowest BCUT2D eigenvalue weighted by molar-refractivity contribution is 0.246. The number of para-hydroxylation sites is 1. The first kappa shape index (κ1) is 18.3. The Balaban J connectivity index is 1.79. The van der Waals surface area contributed by atoms with E-state index in [2.05, 4.69) is 85.7 Å². The molecule has 2 heterocycles. The van der Waals surface area contributed by atoms with Crippen LogP contribution in [-0.4, -0.2) is 32.8 Å². The molecule has 4 nitrogen and oxygen atoms in total. The standard InChI is InChI=1S/C22H28N4/c1-16-10-6-7-12-22(16)26-19(4)21(18(3)24-26)15-25(5)17(2)14-20-11-8-9-13-23-20/h6-13,17H,14-15H2,1-5H3/t17-/m1/s1. The van der Waals surface area contributed by atoms with E-state index in [4.69, 9.17) is 5.10 Å². The van der Waals surface area contributed by atoms with E-state index in [1.165, 1.54) is 16.8 Å². The average molecular weight is 348 g/mol.